The normalized spacial score (nSPS) is 13.1. The zero-order valence-corrected chi connectivity index (χ0v) is 18.0. The van der Waals surface area contributed by atoms with Gasteiger partial charge in [0.05, 0.1) is 6.04 Å². The molecule has 0 saturated heterocycles. The number of nitrogens with zero attached hydrogens (tertiary/aromatic N) is 3. The summed E-state index contributed by atoms with van der Waals surface area (Å²) >= 11 is 7.38. The van der Waals surface area contributed by atoms with E-state index in [2.05, 4.69) is 15.5 Å². The monoisotopic (exact) mass is 432 g/mol. The standard InChI is InChI=1S/C21H22ClFN4OS/c1-13-4-10-18(11-5-13)27-19(15(3)24-20(28)14(2)22)25-26-21(27)29-12-16-6-8-17(23)9-7-16/h4-11,14-15H,12H2,1-3H3,(H,24,28). The minimum Gasteiger partial charge on any atom is -0.345 e. The molecule has 0 aliphatic heterocycles. The molecular formula is C21H22ClFN4OS. The first-order valence-corrected chi connectivity index (χ1v) is 10.6. The highest BCUT2D eigenvalue weighted by Crippen LogP contribution is 2.28. The maximum absolute atomic E-state index is 13.1. The van der Waals surface area contributed by atoms with Crippen molar-refractivity contribution < 1.29 is 9.18 Å². The first kappa shape index (κ1) is 21.3. The third-order valence-electron chi connectivity index (χ3n) is 4.34. The number of benzene rings is 2. The smallest absolute Gasteiger partial charge is 0.238 e. The number of carbonyl (C=O) groups is 1. The SMILES string of the molecule is Cc1ccc(-n2c(SCc3ccc(F)cc3)nnc2C(C)NC(=O)C(C)Cl)cc1. The van der Waals surface area contributed by atoms with Crippen molar-refractivity contribution in [3.63, 3.8) is 0 Å². The molecule has 2 aromatic carbocycles. The number of thioether (sulfide) groups is 1. The van der Waals surface area contributed by atoms with Crippen LogP contribution in [0.3, 0.4) is 0 Å². The van der Waals surface area contributed by atoms with E-state index in [0.717, 1.165) is 16.8 Å². The zero-order valence-electron chi connectivity index (χ0n) is 16.4. The number of alkyl halides is 1. The van der Waals surface area contributed by atoms with Crippen LogP contribution in [0.2, 0.25) is 0 Å². The second-order valence-corrected chi connectivity index (χ2v) is 8.37. The minimum atomic E-state index is -0.638. The summed E-state index contributed by atoms with van der Waals surface area (Å²) in [6, 6.07) is 14.0. The van der Waals surface area contributed by atoms with E-state index in [9.17, 15) is 9.18 Å². The third-order valence-corrected chi connectivity index (χ3v) is 5.54. The lowest BCUT2D eigenvalue weighted by Crippen LogP contribution is -2.33. The number of aromatic nitrogens is 3. The van der Waals surface area contributed by atoms with E-state index in [1.807, 2.05) is 42.7 Å². The molecule has 29 heavy (non-hydrogen) atoms. The fourth-order valence-electron chi connectivity index (χ4n) is 2.71. The summed E-state index contributed by atoms with van der Waals surface area (Å²) in [5.41, 5.74) is 3.02. The molecular weight excluding hydrogens is 411 g/mol. The number of nitrogens with one attached hydrogen (secondary N) is 1. The average Bonchev–Trinajstić information content (AvgIpc) is 3.12. The van der Waals surface area contributed by atoms with Gasteiger partial charge in [0.15, 0.2) is 11.0 Å². The maximum Gasteiger partial charge on any atom is 0.238 e. The lowest BCUT2D eigenvalue weighted by atomic mass is 10.2. The number of halogens is 2. The Morgan fingerprint density at radius 1 is 1.14 bits per heavy atom. The van der Waals surface area contributed by atoms with E-state index in [1.54, 1.807) is 19.1 Å². The van der Waals surface area contributed by atoms with Crippen LogP contribution in [-0.4, -0.2) is 26.0 Å². The van der Waals surface area contributed by atoms with Gasteiger partial charge in [-0.2, -0.15) is 0 Å². The van der Waals surface area contributed by atoms with Crippen LogP contribution < -0.4 is 5.32 Å². The van der Waals surface area contributed by atoms with E-state index in [0.29, 0.717) is 16.7 Å². The maximum atomic E-state index is 13.1. The molecule has 0 radical (unpaired) electrons. The predicted molar refractivity (Wildman–Crippen MR) is 114 cm³/mol. The van der Waals surface area contributed by atoms with Crippen LogP contribution >= 0.6 is 23.4 Å². The zero-order chi connectivity index (χ0) is 21.0. The highest BCUT2D eigenvalue weighted by atomic mass is 35.5. The molecule has 1 aromatic heterocycles. The first-order chi connectivity index (χ1) is 13.8. The molecule has 3 aromatic rings. The second-order valence-electron chi connectivity index (χ2n) is 6.77. The van der Waals surface area contributed by atoms with Gasteiger partial charge in [0.1, 0.15) is 11.2 Å². The van der Waals surface area contributed by atoms with Crippen molar-refractivity contribution in [2.45, 2.75) is 43.1 Å². The molecule has 2 unspecified atom stereocenters. The number of rotatable bonds is 7. The lowest BCUT2D eigenvalue weighted by Gasteiger charge is -2.17. The Balaban J connectivity index is 1.91. The molecule has 1 heterocycles. The molecule has 152 valence electrons. The Morgan fingerprint density at radius 3 is 2.41 bits per heavy atom. The summed E-state index contributed by atoms with van der Waals surface area (Å²) in [6.07, 6.45) is 0. The van der Waals surface area contributed by atoms with Crippen molar-refractivity contribution >= 4 is 29.3 Å². The minimum absolute atomic E-state index is 0.262. The Bertz CT molecular complexity index is 973. The van der Waals surface area contributed by atoms with Gasteiger partial charge in [-0.15, -0.1) is 21.8 Å². The Morgan fingerprint density at radius 2 is 1.79 bits per heavy atom. The summed E-state index contributed by atoms with van der Waals surface area (Å²) in [5.74, 6) is 0.699. The molecule has 0 saturated carbocycles. The fraction of sp³-hybridized carbons (Fsp3) is 0.286. The largest absolute Gasteiger partial charge is 0.345 e. The van der Waals surface area contributed by atoms with Crippen LogP contribution in [0.15, 0.2) is 53.7 Å². The summed E-state index contributed by atoms with van der Waals surface area (Å²) in [7, 11) is 0. The summed E-state index contributed by atoms with van der Waals surface area (Å²) < 4.78 is 15.1. The topological polar surface area (TPSA) is 59.8 Å². The van der Waals surface area contributed by atoms with Crippen molar-refractivity contribution in [1.29, 1.82) is 0 Å². The number of amides is 1. The fourth-order valence-corrected chi connectivity index (χ4v) is 3.69. The van der Waals surface area contributed by atoms with Gasteiger partial charge in [-0.05, 0) is 50.6 Å². The first-order valence-electron chi connectivity index (χ1n) is 9.19. The molecule has 0 bridgehead atoms. The van der Waals surface area contributed by atoms with Gasteiger partial charge in [0.25, 0.3) is 0 Å². The molecule has 0 spiro atoms. The van der Waals surface area contributed by atoms with Crippen LogP contribution in [0.25, 0.3) is 5.69 Å². The Hall–Kier alpha value is -2.38. The molecule has 3 rings (SSSR count). The van der Waals surface area contributed by atoms with E-state index in [1.165, 1.54) is 23.9 Å². The quantitative estimate of drug-likeness (QED) is 0.430. The number of carbonyl (C=O) groups excluding carboxylic acids is 1. The summed E-state index contributed by atoms with van der Waals surface area (Å²) in [4.78, 5) is 12.0. The van der Waals surface area contributed by atoms with Crippen LogP contribution in [0, 0.1) is 12.7 Å². The lowest BCUT2D eigenvalue weighted by molar-refractivity contribution is -0.121. The van der Waals surface area contributed by atoms with Gasteiger partial charge >= 0.3 is 0 Å². The van der Waals surface area contributed by atoms with E-state index in [4.69, 9.17) is 11.6 Å². The van der Waals surface area contributed by atoms with Crippen molar-refractivity contribution in [3.05, 3.63) is 71.3 Å². The van der Waals surface area contributed by atoms with Crippen molar-refractivity contribution in [3.8, 4) is 5.69 Å². The molecule has 0 aliphatic rings. The van der Waals surface area contributed by atoms with Crippen molar-refractivity contribution in [1.82, 2.24) is 20.1 Å². The highest BCUT2D eigenvalue weighted by Gasteiger charge is 2.22. The van der Waals surface area contributed by atoms with E-state index >= 15 is 0 Å². The van der Waals surface area contributed by atoms with Gasteiger partial charge in [-0.25, -0.2) is 4.39 Å². The Labute approximate surface area is 178 Å². The predicted octanol–water partition coefficient (Wildman–Crippen LogP) is 4.81. The van der Waals surface area contributed by atoms with Crippen LogP contribution in [0.1, 0.15) is 36.8 Å². The molecule has 1 amide bonds. The number of hydrogen-bond donors (Lipinski definition) is 1. The van der Waals surface area contributed by atoms with Crippen molar-refractivity contribution in [2.75, 3.05) is 0 Å². The van der Waals surface area contributed by atoms with Crippen molar-refractivity contribution in [2.24, 2.45) is 0 Å². The van der Waals surface area contributed by atoms with E-state index in [-0.39, 0.29) is 17.8 Å². The second kappa shape index (κ2) is 9.41. The summed E-state index contributed by atoms with van der Waals surface area (Å²) in [6.45, 7) is 5.49. The van der Waals surface area contributed by atoms with Gasteiger partial charge in [-0.1, -0.05) is 41.6 Å². The Kier molecular flexibility index (Phi) is 6.92. The van der Waals surface area contributed by atoms with Crippen LogP contribution in [-0.2, 0) is 10.5 Å². The molecule has 0 fully saturated rings. The third kappa shape index (κ3) is 5.36. The van der Waals surface area contributed by atoms with Gasteiger partial charge in [0.2, 0.25) is 5.91 Å². The number of aryl methyl sites for hydroxylation is 1. The molecule has 1 N–H and O–H groups in total. The average molecular weight is 433 g/mol. The van der Waals surface area contributed by atoms with Gasteiger partial charge < -0.3 is 5.32 Å². The van der Waals surface area contributed by atoms with Gasteiger partial charge in [0, 0.05) is 11.4 Å². The molecule has 8 heteroatoms. The molecule has 5 nitrogen and oxygen atoms in total. The van der Waals surface area contributed by atoms with E-state index < -0.39 is 5.38 Å². The highest BCUT2D eigenvalue weighted by molar-refractivity contribution is 7.98. The van der Waals surface area contributed by atoms with Gasteiger partial charge in [-0.3, -0.25) is 9.36 Å². The summed E-state index contributed by atoms with van der Waals surface area (Å²) in [5, 5.41) is 11.6. The van der Waals surface area contributed by atoms with Crippen LogP contribution in [0.4, 0.5) is 4.39 Å². The number of hydrogen-bond acceptors (Lipinski definition) is 4. The molecule has 2 atom stereocenters. The molecule has 0 aliphatic carbocycles. The van der Waals surface area contributed by atoms with Crippen LogP contribution in [0.5, 0.6) is 0 Å².